The minimum atomic E-state index is -0.394. The maximum Gasteiger partial charge on any atom is 0.273 e. The summed E-state index contributed by atoms with van der Waals surface area (Å²) in [5.41, 5.74) is 3.00. The van der Waals surface area contributed by atoms with Gasteiger partial charge in [-0.25, -0.2) is 4.68 Å². The van der Waals surface area contributed by atoms with Gasteiger partial charge >= 0.3 is 0 Å². The minimum Gasteiger partial charge on any atom is -0.258 e. The van der Waals surface area contributed by atoms with Crippen LogP contribution in [0.3, 0.4) is 0 Å². The fourth-order valence-electron chi connectivity index (χ4n) is 1.86. The Morgan fingerprint density at radius 3 is 2.63 bits per heavy atom. The molecule has 2 rings (SSSR count). The molecule has 1 aromatic carbocycles. The molecule has 0 spiro atoms. The van der Waals surface area contributed by atoms with Crippen molar-refractivity contribution in [3.05, 3.63) is 50.3 Å². The lowest BCUT2D eigenvalue weighted by Gasteiger charge is -2.06. The predicted molar refractivity (Wildman–Crippen MR) is 77.3 cm³/mol. The zero-order chi connectivity index (χ0) is 14.2. The highest BCUT2D eigenvalue weighted by Crippen LogP contribution is 2.27. The number of aromatic nitrogens is 2. The van der Waals surface area contributed by atoms with Gasteiger partial charge in [-0.2, -0.15) is 5.10 Å². The molecule has 0 unspecified atom stereocenters. The van der Waals surface area contributed by atoms with E-state index in [0.717, 1.165) is 17.1 Å². The van der Waals surface area contributed by atoms with E-state index in [1.54, 1.807) is 16.8 Å². The first-order chi connectivity index (χ1) is 8.95. The molecule has 0 aliphatic rings. The number of hydrogen-bond acceptors (Lipinski definition) is 3. The van der Waals surface area contributed by atoms with Crippen LogP contribution in [0.2, 0.25) is 5.02 Å². The SMILES string of the molecule is Cc1nn(-c2ccc([N+](=O)[O-])c(CBr)c2)c(C)c1Cl. The van der Waals surface area contributed by atoms with Gasteiger partial charge in [-0.3, -0.25) is 10.1 Å². The summed E-state index contributed by atoms with van der Waals surface area (Å²) in [5.74, 6) is 0. The molecule has 0 atom stereocenters. The number of alkyl halides is 1. The third kappa shape index (κ3) is 2.50. The van der Waals surface area contributed by atoms with E-state index in [0.29, 0.717) is 15.9 Å². The van der Waals surface area contributed by atoms with E-state index in [1.807, 2.05) is 13.8 Å². The van der Waals surface area contributed by atoms with Gasteiger partial charge in [0, 0.05) is 17.0 Å². The number of rotatable bonds is 3. The van der Waals surface area contributed by atoms with E-state index in [1.165, 1.54) is 6.07 Å². The van der Waals surface area contributed by atoms with Gasteiger partial charge in [-0.15, -0.1) is 0 Å². The Kier molecular flexibility index (Phi) is 3.91. The van der Waals surface area contributed by atoms with Crippen molar-refractivity contribution in [1.29, 1.82) is 0 Å². The van der Waals surface area contributed by atoms with E-state index < -0.39 is 4.92 Å². The minimum absolute atomic E-state index is 0.0910. The van der Waals surface area contributed by atoms with Crippen molar-refractivity contribution in [3.8, 4) is 5.69 Å². The highest BCUT2D eigenvalue weighted by Gasteiger charge is 2.16. The number of hydrogen-bond donors (Lipinski definition) is 0. The maximum atomic E-state index is 10.9. The Balaban J connectivity index is 2.58. The highest BCUT2D eigenvalue weighted by molar-refractivity contribution is 9.08. The molecule has 5 nitrogen and oxygen atoms in total. The Morgan fingerprint density at radius 1 is 1.47 bits per heavy atom. The summed E-state index contributed by atoms with van der Waals surface area (Å²) in [5, 5.41) is 16.2. The van der Waals surface area contributed by atoms with Crippen molar-refractivity contribution in [2.45, 2.75) is 19.2 Å². The van der Waals surface area contributed by atoms with Crippen LogP contribution in [0.5, 0.6) is 0 Å². The Morgan fingerprint density at radius 2 is 2.16 bits per heavy atom. The predicted octanol–water partition coefficient (Wildman–Crippen LogP) is 3.95. The van der Waals surface area contributed by atoms with Crippen LogP contribution in [0.25, 0.3) is 5.69 Å². The van der Waals surface area contributed by atoms with Crippen molar-refractivity contribution in [1.82, 2.24) is 9.78 Å². The lowest BCUT2D eigenvalue weighted by atomic mass is 10.2. The molecule has 0 radical (unpaired) electrons. The first-order valence-corrected chi connectivity index (χ1v) is 7.01. The van der Waals surface area contributed by atoms with Gasteiger partial charge in [-0.05, 0) is 26.0 Å². The van der Waals surface area contributed by atoms with Crippen LogP contribution < -0.4 is 0 Å². The molecule has 0 saturated heterocycles. The van der Waals surface area contributed by atoms with E-state index in [9.17, 15) is 10.1 Å². The zero-order valence-electron chi connectivity index (χ0n) is 10.4. The molecule has 7 heteroatoms. The van der Waals surface area contributed by atoms with Gasteiger partial charge < -0.3 is 0 Å². The van der Waals surface area contributed by atoms with E-state index in [2.05, 4.69) is 21.0 Å². The summed E-state index contributed by atoms with van der Waals surface area (Å²) in [6, 6.07) is 4.89. The van der Waals surface area contributed by atoms with E-state index in [-0.39, 0.29) is 5.69 Å². The van der Waals surface area contributed by atoms with Crippen LogP contribution in [0.15, 0.2) is 18.2 Å². The number of nitro groups is 1. The number of nitrogens with zero attached hydrogens (tertiary/aromatic N) is 3. The smallest absolute Gasteiger partial charge is 0.258 e. The summed E-state index contributed by atoms with van der Waals surface area (Å²) in [7, 11) is 0. The average Bonchev–Trinajstić information content (AvgIpc) is 2.65. The van der Waals surface area contributed by atoms with Crippen LogP contribution in [0, 0.1) is 24.0 Å². The molecule has 0 fully saturated rings. The summed E-state index contributed by atoms with van der Waals surface area (Å²) in [6.07, 6.45) is 0. The molecule has 1 heterocycles. The largest absolute Gasteiger partial charge is 0.273 e. The van der Waals surface area contributed by atoms with Crippen LogP contribution in [0.1, 0.15) is 17.0 Å². The zero-order valence-corrected chi connectivity index (χ0v) is 12.7. The second-order valence-corrected chi connectivity index (χ2v) is 5.04. The molecule has 0 amide bonds. The molecular weight excluding hydrogens is 334 g/mol. The van der Waals surface area contributed by atoms with E-state index >= 15 is 0 Å². The van der Waals surface area contributed by atoms with E-state index in [4.69, 9.17) is 11.6 Å². The number of halogens is 2. The Labute approximate surface area is 123 Å². The summed E-state index contributed by atoms with van der Waals surface area (Å²) >= 11 is 9.36. The van der Waals surface area contributed by atoms with Crippen LogP contribution in [-0.2, 0) is 5.33 Å². The molecule has 0 saturated carbocycles. The lowest BCUT2D eigenvalue weighted by Crippen LogP contribution is -2.01. The van der Waals surface area contributed by atoms with Crippen LogP contribution in [0.4, 0.5) is 5.69 Å². The number of benzene rings is 1. The third-order valence-electron chi connectivity index (χ3n) is 2.85. The molecule has 0 aliphatic heterocycles. The topological polar surface area (TPSA) is 61.0 Å². The van der Waals surface area contributed by atoms with Gasteiger partial charge in [0.25, 0.3) is 5.69 Å². The molecule has 1 aromatic heterocycles. The highest BCUT2D eigenvalue weighted by atomic mass is 79.9. The standard InChI is InChI=1S/C12H11BrClN3O2/c1-7-12(14)8(2)16(15-7)10-3-4-11(17(18)19)9(5-10)6-13/h3-5H,6H2,1-2H3. The number of aryl methyl sites for hydroxylation is 1. The lowest BCUT2D eigenvalue weighted by molar-refractivity contribution is -0.385. The van der Waals surface area contributed by atoms with Crippen molar-refractivity contribution in [2.75, 3.05) is 0 Å². The second-order valence-electron chi connectivity index (χ2n) is 4.10. The van der Waals surface area contributed by atoms with Gasteiger partial charge in [0.2, 0.25) is 0 Å². The summed E-state index contributed by atoms with van der Waals surface area (Å²) in [4.78, 5) is 10.5. The average molecular weight is 345 g/mol. The van der Waals surface area contributed by atoms with Crippen LogP contribution >= 0.6 is 27.5 Å². The molecule has 100 valence electrons. The Hall–Kier alpha value is -1.40. The van der Waals surface area contributed by atoms with Crippen molar-refractivity contribution in [2.24, 2.45) is 0 Å². The third-order valence-corrected chi connectivity index (χ3v) is 4.00. The Bertz CT molecular complexity index is 655. The first kappa shape index (κ1) is 14.0. The molecule has 2 aromatic rings. The van der Waals surface area contributed by atoms with Crippen molar-refractivity contribution >= 4 is 33.2 Å². The molecule has 0 aliphatic carbocycles. The fourth-order valence-corrected chi connectivity index (χ4v) is 2.43. The van der Waals surface area contributed by atoms with Crippen molar-refractivity contribution in [3.63, 3.8) is 0 Å². The second kappa shape index (κ2) is 5.30. The molecule has 19 heavy (non-hydrogen) atoms. The van der Waals surface area contributed by atoms with Crippen LogP contribution in [-0.4, -0.2) is 14.7 Å². The normalized spacial score (nSPS) is 10.7. The number of nitro benzene ring substituents is 1. The van der Waals surface area contributed by atoms with Gasteiger partial charge in [0.15, 0.2) is 0 Å². The maximum absolute atomic E-state index is 10.9. The summed E-state index contributed by atoms with van der Waals surface area (Å²) in [6.45, 7) is 3.68. The molecular formula is C12H11BrClN3O2. The van der Waals surface area contributed by atoms with Gasteiger partial charge in [0.1, 0.15) is 0 Å². The first-order valence-electron chi connectivity index (χ1n) is 5.51. The monoisotopic (exact) mass is 343 g/mol. The molecule has 0 N–H and O–H groups in total. The fraction of sp³-hybridized carbons (Fsp3) is 0.250. The van der Waals surface area contributed by atoms with Crippen molar-refractivity contribution < 1.29 is 4.92 Å². The van der Waals surface area contributed by atoms with Gasteiger partial charge in [0.05, 0.1) is 27.0 Å². The quantitative estimate of drug-likeness (QED) is 0.481. The van der Waals surface area contributed by atoms with Gasteiger partial charge in [-0.1, -0.05) is 27.5 Å². The molecule has 0 bridgehead atoms. The summed E-state index contributed by atoms with van der Waals surface area (Å²) < 4.78 is 1.69.